The Bertz CT molecular complexity index is 677. The number of halogens is 1. The summed E-state index contributed by atoms with van der Waals surface area (Å²) in [6.07, 6.45) is 1.43. The lowest BCUT2D eigenvalue weighted by atomic mass is 10.2. The topological polar surface area (TPSA) is 92.2 Å². The Labute approximate surface area is 115 Å². The van der Waals surface area contributed by atoms with Crippen molar-refractivity contribution in [2.24, 2.45) is 0 Å². The molecule has 6 nitrogen and oxygen atoms in total. The SMILES string of the molecule is O=S(=O)(Nc1cccnn1)c1cc(CO)ccc1Cl. The Balaban J connectivity index is 2.39. The molecule has 0 saturated carbocycles. The second-order valence-electron chi connectivity index (χ2n) is 3.64. The normalized spacial score (nSPS) is 11.3. The molecule has 0 aliphatic heterocycles. The number of aromatic nitrogens is 2. The molecule has 0 spiro atoms. The van der Waals surface area contributed by atoms with Crippen LogP contribution in [0.3, 0.4) is 0 Å². The van der Waals surface area contributed by atoms with Crippen LogP contribution in [-0.2, 0) is 16.6 Å². The van der Waals surface area contributed by atoms with Gasteiger partial charge in [-0.15, -0.1) is 5.10 Å². The van der Waals surface area contributed by atoms with Crippen molar-refractivity contribution < 1.29 is 13.5 Å². The molecule has 0 aliphatic rings. The van der Waals surface area contributed by atoms with Gasteiger partial charge in [-0.25, -0.2) is 8.42 Å². The molecule has 2 N–H and O–H groups in total. The number of anilines is 1. The molecule has 0 unspecified atom stereocenters. The summed E-state index contributed by atoms with van der Waals surface area (Å²) in [4.78, 5) is -0.119. The van der Waals surface area contributed by atoms with Gasteiger partial charge in [-0.3, -0.25) is 4.72 Å². The van der Waals surface area contributed by atoms with E-state index in [9.17, 15) is 8.42 Å². The average Bonchev–Trinajstić information content (AvgIpc) is 2.39. The van der Waals surface area contributed by atoms with Crippen LogP contribution in [0, 0.1) is 0 Å². The van der Waals surface area contributed by atoms with E-state index in [0.29, 0.717) is 5.56 Å². The lowest BCUT2D eigenvalue weighted by Crippen LogP contribution is -2.15. The van der Waals surface area contributed by atoms with Gasteiger partial charge in [0.25, 0.3) is 10.0 Å². The van der Waals surface area contributed by atoms with Gasteiger partial charge < -0.3 is 5.11 Å². The summed E-state index contributed by atoms with van der Waals surface area (Å²) in [5.41, 5.74) is 0.448. The highest BCUT2D eigenvalue weighted by atomic mass is 35.5. The summed E-state index contributed by atoms with van der Waals surface area (Å²) < 4.78 is 26.6. The van der Waals surface area contributed by atoms with Crippen molar-refractivity contribution in [3.05, 3.63) is 47.1 Å². The third kappa shape index (κ3) is 3.19. The van der Waals surface area contributed by atoms with Crippen LogP contribution in [0.5, 0.6) is 0 Å². The second-order valence-corrected chi connectivity index (χ2v) is 5.70. The number of hydrogen-bond acceptors (Lipinski definition) is 5. The largest absolute Gasteiger partial charge is 0.392 e. The third-order valence-electron chi connectivity index (χ3n) is 2.28. The number of aliphatic hydroxyl groups excluding tert-OH is 1. The molecule has 0 atom stereocenters. The zero-order valence-electron chi connectivity index (χ0n) is 9.62. The van der Waals surface area contributed by atoms with E-state index in [-0.39, 0.29) is 22.3 Å². The Morgan fingerprint density at radius 3 is 2.74 bits per heavy atom. The van der Waals surface area contributed by atoms with E-state index in [4.69, 9.17) is 16.7 Å². The first-order chi connectivity index (χ1) is 9.03. The predicted molar refractivity (Wildman–Crippen MR) is 70.2 cm³/mol. The standard InChI is InChI=1S/C11H10ClN3O3S/c12-9-4-3-8(7-16)6-10(9)19(17,18)15-11-2-1-5-13-14-11/h1-6,16H,7H2,(H,14,15). The van der Waals surface area contributed by atoms with Crippen molar-refractivity contribution in [3.63, 3.8) is 0 Å². The Morgan fingerprint density at radius 1 is 1.32 bits per heavy atom. The van der Waals surface area contributed by atoms with Gasteiger partial charge in [0.15, 0.2) is 5.82 Å². The maximum Gasteiger partial charge on any atom is 0.264 e. The summed E-state index contributed by atoms with van der Waals surface area (Å²) in [6.45, 7) is -0.273. The zero-order chi connectivity index (χ0) is 13.9. The van der Waals surface area contributed by atoms with Gasteiger partial charge in [0.05, 0.1) is 11.6 Å². The molecule has 19 heavy (non-hydrogen) atoms. The van der Waals surface area contributed by atoms with E-state index in [2.05, 4.69) is 14.9 Å². The van der Waals surface area contributed by atoms with E-state index in [0.717, 1.165) is 0 Å². The molecule has 0 aliphatic carbocycles. The van der Waals surface area contributed by atoms with Crippen molar-refractivity contribution in [1.29, 1.82) is 0 Å². The number of nitrogens with one attached hydrogen (secondary N) is 1. The zero-order valence-corrected chi connectivity index (χ0v) is 11.2. The third-order valence-corrected chi connectivity index (χ3v) is 4.12. The highest BCUT2D eigenvalue weighted by Gasteiger charge is 2.19. The quantitative estimate of drug-likeness (QED) is 0.891. The molecule has 1 aromatic carbocycles. The van der Waals surface area contributed by atoms with E-state index < -0.39 is 10.0 Å². The summed E-state index contributed by atoms with van der Waals surface area (Å²) in [5, 5.41) is 16.3. The Hall–Kier alpha value is -1.70. The molecule has 8 heteroatoms. The monoisotopic (exact) mass is 299 g/mol. The van der Waals surface area contributed by atoms with Crippen LogP contribution < -0.4 is 4.72 Å². The fourth-order valence-corrected chi connectivity index (χ4v) is 2.95. The Kier molecular flexibility index (Phi) is 3.98. The van der Waals surface area contributed by atoms with Gasteiger partial charge in [-0.05, 0) is 29.8 Å². The number of rotatable bonds is 4. The van der Waals surface area contributed by atoms with Crippen LogP contribution in [0.15, 0.2) is 41.4 Å². The number of aliphatic hydroxyl groups is 1. The smallest absolute Gasteiger partial charge is 0.264 e. The van der Waals surface area contributed by atoms with Gasteiger partial charge in [-0.2, -0.15) is 5.10 Å². The molecule has 0 amide bonds. The van der Waals surface area contributed by atoms with Crippen LogP contribution in [0.2, 0.25) is 5.02 Å². The molecule has 2 aromatic rings. The summed E-state index contributed by atoms with van der Waals surface area (Å²) in [5.74, 6) is 0.0907. The highest BCUT2D eigenvalue weighted by Crippen LogP contribution is 2.24. The lowest BCUT2D eigenvalue weighted by molar-refractivity contribution is 0.281. The van der Waals surface area contributed by atoms with Gasteiger partial charge in [0.1, 0.15) is 4.90 Å². The van der Waals surface area contributed by atoms with E-state index >= 15 is 0 Å². The van der Waals surface area contributed by atoms with E-state index in [1.807, 2.05) is 0 Å². The minimum Gasteiger partial charge on any atom is -0.392 e. The number of hydrogen-bond donors (Lipinski definition) is 2. The molecule has 1 heterocycles. The summed E-state index contributed by atoms with van der Waals surface area (Å²) >= 11 is 5.87. The van der Waals surface area contributed by atoms with Crippen LogP contribution in [0.1, 0.15) is 5.56 Å². The minimum absolute atomic E-state index is 0.0635. The fraction of sp³-hybridized carbons (Fsp3) is 0.0909. The van der Waals surface area contributed by atoms with Crippen LogP contribution in [0.4, 0.5) is 5.82 Å². The fourth-order valence-electron chi connectivity index (χ4n) is 1.40. The lowest BCUT2D eigenvalue weighted by Gasteiger charge is -2.09. The first-order valence-electron chi connectivity index (χ1n) is 5.23. The van der Waals surface area contributed by atoms with Crippen molar-refractivity contribution in [2.75, 3.05) is 4.72 Å². The minimum atomic E-state index is -3.87. The van der Waals surface area contributed by atoms with Crippen molar-refractivity contribution >= 4 is 27.4 Å². The average molecular weight is 300 g/mol. The van der Waals surface area contributed by atoms with Crippen LogP contribution in [0.25, 0.3) is 0 Å². The summed E-state index contributed by atoms with van der Waals surface area (Å²) in [6, 6.07) is 7.29. The van der Waals surface area contributed by atoms with Crippen molar-refractivity contribution in [1.82, 2.24) is 10.2 Å². The maximum absolute atomic E-state index is 12.1. The van der Waals surface area contributed by atoms with E-state index in [1.165, 1.54) is 24.4 Å². The van der Waals surface area contributed by atoms with Gasteiger partial charge >= 0.3 is 0 Å². The van der Waals surface area contributed by atoms with Crippen molar-refractivity contribution in [2.45, 2.75) is 11.5 Å². The molecule has 0 radical (unpaired) electrons. The molecule has 0 bridgehead atoms. The van der Waals surface area contributed by atoms with Gasteiger partial charge in [0, 0.05) is 6.20 Å². The van der Waals surface area contributed by atoms with Crippen LogP contribution >= 0.6 is 11.6 Å². The predicted octanol–water partition coefficient (Wildman–Crippen LogP) is 1.42. The Morgan fingerprint density at radius 2 is 2.11 bits per heavy atom. The van der Waals surface area contributed by atoms with Gasteiger partial charge in [-0.1, -0.05) is 17.7 Å². The van der Waals surface area contributed by atoms with Crippen molar-refractivity contribution in [3.8, 4) is 0 Å². The number of sulfonamides is 1. The molecule has 0 fully saturated rings. The van der Waals surface area contributed by atoms with E-state index in [1.54, 1.807) is 12.1 Å². The number of benzene rings is 1. The molecule has 100 valence electrons. The molecule has 2 rings (SSSR count). The summed E-state index contributed by atoms with van der Waals surface area (Å²) in [7, 11) is -3.87. The highest BCUT2D eigenvalue weighted by molar-refractivity contribution is 7.92. The molecule has 1 aromatic heterocycles. The molecular formula is C11H10ClN3O3S. The first kappa shape index (κ1) is 13.7. The molecular weight excluding hydrogens is 290 g/mol. The van der Waals surface area contributed by atoms with Crippen LogP contribution in [-0.4, -0.2) is 23.7 Å². The number of nitrogens with zero attached hydrogens (tertiary/aromatic N) is 2. The second kappa shape index (κ2) is 5.52. The van der Waals surface area contributed by atoms with Gasteiger partial charge in [0.2, 0.25) is 0 Å². The maximum atomic E-state index is 12.1. The molecule has 0 saturated heterocycles. The first-order valence-corrected chi connectivity index (χ1v) is 7.09.